The van der Waals surface area contributed by atoms with Crippen LogP contribution in [0.5, 0.6) is 0 Å². The molecule has 0 aliphatic rings. The molecular weight excluding hydrogens is 452 g/mol. The van der Waals surface area contributed by atoms with Crippen molar-refractivity contribution in [2.24, 2.45) is 4.40 Å². The van der Waals surface area contributed by atoms with Crippen LogP contribution in [-0.4, -0.2) is 14.6 Å². The number of benzene rings is 2. The lowest BCUT2D eigenvalue weighted by molar-refractivity contribution is -0.138. The van der Waals surface area contributed by atoms with Crippen LogP contribution < -0.4 is 0 Å². The van der Waals surface area contributed by atoms with Gasteiger partial charge in [-0.25, -0.2) is 0 Å². The van der Waals surface area contributed by atoms with Crippen molar-refractivity contribution in [2.45, 2.75) is 17.2 Å². The average molecular weight is 460 g/mol. The van der Waals surface area contributed by atoms with E-state index in [9.17, 15) is 34.8 Å². The Labute approximate surface area is 152 Å². The second-order valence-electron chi connectivity index (χ2n) is 4.97. The van der Waals surface area contributed by atoms with E-state index in [0.717, 1.165) is 24.3 Å². The predicted molar refractivity (Wildman–Crippen MR) is 85.4 cm³/mol. The topological polar surface area (TPSA) is 46.5 Å². The number of sulfonamides is 1. The Bertz CT molecular complexity index is 934. The van der Waals surface area contributed by atoms with E-state index in [-0.39, 0.29) is 10.0 Å². The smallest absolute Gasteiger partial charge is 0.199 e. The molecule has 2 rings (SSSR count). The summed E-state index contributed by atoms with van der Waals surface area (Å²) in [5.41, 5.74) is -2.20. The van der Waals surface area contributed by atoms with Crippen molar-refractivity contribution in [3.8, 4) is 0 Å². The lowest BCUT2D eigenvalue weighted by Gasteiger charge is -2.08. The van der Waals surface area contributed by atoms with Crippen LogP contribution in [0.25, 0.3) is 0 Å². The van der Waals surface area contributed by atoms with Crippen LogP contribution in [0, 0.1) is 0 Å². The summed E-state index contributed by atoms with van der Waals surface area (Å²) in [7, 11) is -4.39. The third-order valence-corrected chi connectivity index (χ3v) is 5.11. The van der Waals surface area contributed by atoms with E-state index >= 15 is 0 Å². The average Bonchev–Trinajstić information content (AvgIpc) is 2.52. The molecule has 3 nitrogen and oxygen atoms in total. The molecule has 11 heteroatoms. The van der Waals surface area contributed by atoms with Gasteiger partial charge in [0.25, 0.3) is 10.0 Å². The van der Waals surface area contributed by atoms with Crippen LogP contribution in [0.3, 0.4) is 0 Å². The number of halogens is 7. The molecule has 0 saturated carbocycles. The van der Waals surface area contributed by atoms with Crippen molar-refractivity contribution in [3.63, 3.8) is 0 Å². The van der Waals surface area contributed by atoms with E-state index in [1.165, 1.54) is 0 Å². The Morgan fingerprint density at radius 3 is 1.85 bits per heavy atom. The first-order valence-electron chi connectivity index (χ1n) is 6.65. The third-order valence-electron chi connectivity index (χ3n) is 3.13. The van der Waals surface area contributed by atoms with E-state index in [1.807, 2.05) is 0 Å². The molecule has 0 N–H and O–H groups in total. The normalized spacial score (nSPS) is 13.3. The lowest BCUT2D eigenvalue weighted by Crippen LogP contribution is -2.06. The summed E-state index contributed by atoms with van der Waals surface area (Å²) in [5.74, 6) is 0. The Balaban J connectivity index is 2.35. The van der Waals surface area contributed by atoms with Gasteiger partial charge in [0, 0.05) is 16.3 Å². The van der Waals surface area contributed by atoms with Crippen molar-refractivity contribution in [2.75, 3.05) is 0 Å². The Kier molecular flexibility index (Phi) is 5.52. The largest absolute Gasteiger partial charge is 0.416 e. The first-order valence-corrected chi connectivity index (χ1v) is 8.88. The molecule has 0 aliphatic heterocycles. The number of nitrogens with zero attached hydrogens (tertiary/aromatic N) is 1. The number of alkyl halides is 6. The number of hydrogen-bond acceptors (Lipinski definition) is 2. The molecule has 0 heterocycles. The van der Waals surface area contributed by atoms with Crippen LogP contribution in [0.2, 0.25) is 0 Å². The lowest BCUT2D eigenvalue weighted by atomic mass is 10.1. The van der Waals surface area contributed by atoms with Crippen molar-refractivity contribution in [3.05, 3.63) is 63.6 Å². The minimum atomic E-state index is -4.63. The fourth-order valence-corrected chi connectivity index (χ4v) is 3.02. The van der Waals surface area contributed by atoms with E-state index in [2.05, 4.69) is 20.3 Å². The summed E-state index contributed by atoms with van der Waals surface area (Å²) < 4.78 is 103. The van der Waals surface area contributed by atoms with Gasteiger partial charge < -0.3 is 0 Å². The highest BCUT2D eigenvalue weighted by atomic mass is 79.9. The van der Waals surface area contributed by atoms with Gasteiger partial charge in [-0.15, -0.1) is 0 Å². The second kappa shape index (κ2) is 7.03. The zero-order chi connectivity index (χ0) is 19.8. The highest BCUT2D eigenvalue weighted by Crippen LogP contribution is 2.32. The molecule has 0 fully saturated rings. The third kappa shape index (κ3) is 4.85. The monoisotopic (exact) mass is 459 g/mol. The maximum absolute atomic E-state index is 12.7. The Morgan fingerprint density at radius 2 is 1.35 bits per heavy atom. The van der Waals surface area contributed by atoms with Crippen LogP contribution in [-0.2, 0) is 22.4 Å². The molecule has 0 bridgehead atoms. The van der Waals surface area contributed by atoms with Crippen molar-refractivity contribution in [1.29, 1.82) is 0 Å². The second-order valence-corrected chi connectivity index (χ2v) is 7.45. The maximum Gasteiger partial charge on any atom is 0.416 e. The Morgan fingerprint density at radius 1 is 0.846 bits per heavy atom. The summed E-state index contributed by atoms with van der Waals surface area (Å²) >= 11 is 2.97. The molecule has 0 aliphatic carbocycles. The first-order chi connectivity index (χ1) is 11.8. The minimum Gasteiger partial charge on any atom is -0.199 e. The summed E-state index contributed by atoms with van der Waals surface area (Å²) in [6.45, 7) is 0. The molecule has 0 amide bonds. The quantitative estimate of drug-likeness (QED) is 0.462. The van der Waals surface area contributed by atoms with Crippen molar-refractivity contribution in [1.82, 2.24) is 0 Å². The Hall–Kier alpha value is -1.88. The zero-order valence-corrected chi connectivity index (χ0v) is 14.8. The van der Waals surface area contributed by atoms with Crippen molar-refractivity contribution >= 4 is 32.2 Å². The highest BCUT2D eigenvalue weighted by Gasteiger charge is 2.31. The predicted octanol–water partition coefficient (Wildman–Crippen LogP) is 5.29. The molecule has 0 spiro atoms. The SMILES string of the molecule is O=S(=O)(/N=C/c1cc(C(F)(F)F)ccc1Br)c1ccc(C(F)(F)F)cc1. The van der Waals surface area contributed by atoms with Gasteiger partial charge in [0.2, 0.25) is 0 Å². The fraction of sp³-hybridized carbons (Fsp3) is 0.133. The summed E-state index contributed by atoms with van der Waals surface area (Å²) in [6.07, 6.45) is -8.57. The van der Waals surface area contributed by atoms with Gasteiger partial charge in [-0.2, -0.15) is 39.2 Å². The molecule has 0 radical (unpaired) electrons. The van der Waals surface area contributed by atoms with Crippen LogP contribution in [0.1, 0.15) is 16.7 Å². The molecule has 0 saturated heterocycles. The molecular formula is C15H8BrF6NO2S. The fourth-order valence-electron chi connectivity index (χ4n) is 1.82. The zero-order valence-electron chi connectivity index (χ0n) is 12.4. The maximum atomic E-state index is 12.7. The van der Waals surface area contributed by atoms with Gasteiger partial charge in [0.15, 0.2) is 0 Å². The molecule has 26 heavy (non-hydrogen) atoms. The van der Waals surface area contributed by atoms with Gasteiger partial charge in [0.05, 0.1) is 16.0 Å². The molecule has 0 atom stereocenters. The van der Waals surface area contributed by atoms with Crippen LogP contribution in [0.15, 0.2) is 56.2 Å². The first kappa shape index (κ1) is 20.4. The van der Waals surface area contributed by atoms with Gasteiger partial charge >= 0.3 is 12.4 Å². The number of hydrogen-bond donors (Lipinski definition) is 0. The number of rotatable bonds is 3. The molecule has 2 aromatic carbocycles. The molecule has 0 aromatic heterocycles. The van der Waals surface area contributed by atoms with Gasteiger partial charge in [0.1, 0.15) is 0 Å². The molecule has 2 aromatic rings. The summed E-state index contributed by atoms with van der Waals surface area (Å²) in [5, 5.41) is 0. The molecule has 140 valence electrons. The van der Waals surface area contributed by atoms with Crippen LogP contribution in [0.4, 0.5) is 26.3 Å². The van der Waals surface area contributed by atoms with E-state index < -0.39 is 38.4 Å². The summed E-state index contributed by atoms with van der Waals surface area (Å²) in [6, 6.07) is 5.15. The standard InChI is InChI=1S/C15H8BrF6NO2S/c16-13-6-3-11(15(20,21)22)7-9(13)8-23-26(24,25)12-4-1-10(2-5-12)14(17,18)19/h1-8H/b23-8+. The van der Waals surface area contributed by atoms with Gasteiger partial charge in [-0.05, 0) is 42.5 Å². The van der Waals surface area contributed by atoms with E-state index in [4.69, 9.17) is 0 Å². The van der Waals surface area contributed by atoms with Crippen molar-refractivity contribution < 1.29 is 34.8 Å². The van der Waals surface area contributed by atoms with Gasteiger partial charge in [-0.1, -0.05) is 15.9 Å². The summed E-state index contributed by atoms with van der Waals surface area (Å²) in [4.78, 5) is -0.523. The van der Waals surface area contributed by atoms with E-state index in [1.54, 1.807) is 0 Å². The van der Waals surface area contributed by atoms with Gasteiger partial charge in [-0.3, -0.25) is 0 Å². The molecule has 0 unspecified atom stereocenters. The minimum absolute atomic E-state index is 0.157. The van der Waals surface area contributed by atoms with Crippen LogP contribution >= 0.6 is 15.9 Å². The van der Waals surface area contributed by atoms with E-state index in [0.29, 0.717) is 24.4 Å². The highest BCUT2D eigenvalue weighted by molar-refractivity contribution is 9.10.